The molecule has 0 bridgehead atoms. The number of para-hydroxylation sites is 1. The fraction of sp³-hybridized carbons (Fsp3) is 0.167. The number of amides is 3. The molecule has 0 heterocycles. The highest BCUT2D eigenvalue weighted by Gasteiger charge is 2.27. The van der Waals surface area contributed by atoms with Crippen LogP contribution >= 0.6 is 0 Å². The Bertz CT molecular complexity index is 1220. The van der Waals surface area contributed by atoms with Crippen LogP contribution in [0.1, 0.15) is 28.8 Å². The van der Waals surface area contributed by atoms with Gasteiger partial charge in [0.2, 0.25) is 10.0 Å². The zero-order valence-corrected chi connectivity index (χ0v) is 18.6. The molecule has 1 aliphatic rings. The molecule has 0 saturated heterocycles. The van der Waals surface area contributed by atoms with Crippen molar-refractivity contribution in [3.8, 4) is 0 Å². The summed E-state index contributed by atoms with van der Waals surface area (Å²) in [5, 5.41) is 8.24. The molecule has 1 aliphatic carbocycles. The molecule has 9 heteroatoms. The average molecular weight is 465 g/mol. The number of carbonyl (C=O) groups is 2. The van der Waals surface area contributed by atoms with E-state index in [0.29, 0.717) is 16.9 Å². The Hall–Kier alpha value is -3.69. The summed E-state index contributed by atoms with van der Waals surface area (Å²) < 4.78 is 27.1. The van der Waals surface area contributed by atoms with E-state index in [9.17, 15) is 18.0 Å². The van der Waals surface area contributed by atoms with Gasteiger partial charge in [-0.3, -0.25) is 4.79 Å². The summed E-state index contributed by atoms with van der Waals surface area (Å²) in [6, 6.07) is 21.7. The van der Waals surface area contributed by atoms with Gasteiger partial charge in [-0.15, -0.1) is 0 Å². The number of nitrogens with one attached hydrogen (secondary N) is 4. The van der Waals surface area contributed by atoms with Crippen LogP contribution < -0.4 is 20.7 Å². The maximum atomic E-state index is 12.4. The minimum Gasteiger partial charge on any atom is -0.348 e. The second-order valence-electron chi connectivity index (χ2n) is 7.74. The molecule has 0 radical (unpaired) electrons. The lowest BCUT2D eigenvalue weighted by Gasteiger charge is -2.09. The lowest BCUT2D eigenvalue weighted by Crippen LogP contribution is -2.26. The second kappa shape index (κ2) is 9.85. The first-order valence-electron chi connectivity index (χ1n) is 10.5. The quantitative estimate of drug-likeness (QED) is 0.407. The highest BCUT2D eigenvalue weighted by Crippen LogP contribution is 2.22. The molecule has 1 saturated carbocycles. The molecule has 3 aromatic rings. The van der Waals surface area contributed by atoms with Gasteiger partial charge in [-0.2, -0.15) is 0 Å². The van der Waals surface area contributed by atoms with Crippen molar-refractivity contribution in [3.05, 3.63) is 90.0 Å². The Morgan fingerprint density at radius 1 is 0.788 bits per heavy atom. The molecule has 8 nitrogen and oxygen atoms in total. The fourth-order valence-electron chi connectivity index (χ4n) is 3.08. The monoisotopic (exact) mass is 464 g/mol. The largest absolute Gasteiger partial charge is 0.348 e. The highest BCUT2D eigenvalue weighted by molar-refractivity contribution is 7.89. The summed E-state index contributed by atoms with van der Waals surface area (Å²) in [6.07, 6.45) is 1.75. The summed E-state index contributed by atoms with van der Waals surface area (Å²) in [6.45, 7) is 0.259. The standard InChI is InChI=1S/C24H24N4O4S/c29-23(25-16-17-6-14-22(15-7-17)33(31,32)28-21-12-13-21)18-8-10-20(11-9-18)27-24(30)26-19-4-2-1-3-5-19/h1-11,14-15,21,28H,12-13,16H2,(H,25,29)(H2,26,27,30). The van der Waals surface area contributed by atoms with Crippen LogP contribution in [0.2, 0.25) is 0 Å². The van der Waals surface area contributed by atoms with E-state index < -0.39 is 10.0 Å². The third-order valence-electron chi connectivity index (χ3n) is 5.02. The summed E-state index contributed by atoms with van der Waals surface area (Å²) >= 11 is 0. The van der Waals surface area contributed by atoms with Crippen LogP contribution in [0.25, 0.3) is 0 Å². The van der Waals surface area contributed by atoms with E-state index in [1.54, 1.807) is 48.5 Å². The maximum Gasteiger partial charge on any atom is 0.323 e. The Morgan fingerprint density at radius 2 is 1.39 bits per heavy atom. The predicted octanol–water partition coefficient (Wildman–Crippen LogP) is 3.70. The lowest BCUT2D eigenvalue weighted by atomic mass is 10.1. The van der Waals surface area contributed by atoms with Crippen LogP contribution in [-0.2, 0) is 16.6 Å². The van der Waals surface area contributed by atoms with Crippen LogP contribution in [-0.4, -0.2) is 26.4 Å². The van der Waals surface area contributed by atoms with Crippen molar-refractivity contribution in [2.75, 3.05) is 10.6 Å². The first kappa shape index (κ1) is 22.5. The van der Waals surface area contributed by atoms with E-state index in [0.717, 1.165) is 18.4 Å². The molecule has 33 heavy (non-hydrogen) atoms. The summed E-state index contributed by atoms with van der Waals surface area (Å²) in [5.74, 6) is -0.276. The molecular formula is C24H24N4O4S. The van der Waals surface area contributed by atoms with E-state index in [1.165, 1.54) is 12.1 Å². The van der Waals surface area contributed by atoms with Crippen molar-refractivity contribution in [2.45, 2.75) is 30.3 Å². The number of benzene rings is 3. The van der Waals surface area contributed by atoms with E-state index in [1.807, 2.05) is 18.2 Å². The van der Waals surface area contributed by atoms with E-state index in [2.05, 4.69) is 20.7 Å². The Balaban J connectivity index is 1.27. The van der Waals surface area contributed by atoms with Crippen molar-refractivity contribution in [1.82, 2.24) is 10.0 Å². The Morgan fingerprint density at radius 3 is 2.00 bits per heavy atom. The van der Waals surface area contributed by atoms with Crippen LogP contribution in [0.4, 0.5) is 16.2 Å². The molecule has 0 atom stereocenters. The smallest absolute Gasteiger partial charge is 0.323 e. The molecule has 0 aromatic heterocycles. The van der Waals surface area contributed by atoms with Crippen molar-refractivity contribution in [2.24, 2.45) is 0 Å². The van der Waals surface area contributed by atoms with Gasteiger partial charge in [-0.1, -0.05) is 30.3 Å². The molecular weight excluding hydrogens is 440 g/mol. The van der Waals surface area contributed by atoms with Crippen LogP contribution in [0.15, 0.2) is 83.8 Å². The third kappa shape index (κ3) is 6.41. The van der Waals surface area contributed by atoms with Crippen molar-refractivity contribution in [3.63, 3.8) is 0 Å². The zero-order valence-electron chi connectivity index (χ0n) is 17.7. The molecule has 4 rings (SSSR count). The lowest BCUT2D eigenvalue weighted by molar-refractivity contribution is 0.0951. The van der Waals surface area contributed by atoms with Crippen molar-refractivity contribution >= 4 is 33.3 Å². The van der Waals surface area contributed by atoms with Gasteiger partial charge in [-0.25, -0.2) is 17.9 Å². The minimum atomic E-state index is -3.49. The van der Waals surface area contributed by atoms with Crippen LogP contribution in [0.3, 0.4) is 0 Å². The van der Waals surface area contributed by atoms with Gasteiger partial charge in [-0.05, 0) is 66.9 Å². The van der Waals surface area contributed by atoms with Crippen molar-refractivity contribution < 1.29 is 18.0 Å². The number of hydrogen-bond donors (Lipinski definition) is 4. The van der Waals surface area contributed by atoms with Gasteiger partial charge in [0.15, 0.2) is 0 Å². The topological polar surface area (TPSA) is 116 Å². The van der Waals surface area contributed by atoms with Crippen LogP contribution in [0.5, 0.6) is 0 Å². The van der Waals surface area contributed by atoms with Gasteiger partial charge < -0.3 is 16.0 Å². The summed E-state index contributed by atoms with van der Waals surface area (Å²) in [7, 11) is -3.49. The molecule has 0 unspecified atom stereocenters. The normalized spacial score (nSPS) is 13.2. The SMILES string of the molecule is O=C(Nc1ccccc1)Nc1ccc(C(=O)NCc2ccc(S(=O)(=O)NC3CC3)cc2)cc1. The average Bonchev–Trinajstić information content (AvgIpc) is 3.62. The van der Waals surface area contributed by atoms with Crippen LogP contribution in [0, 0.1) is 0 Å². The first-order valence-corrected chi connectivity index (χ1v) is 12.0. The van der Waals surface area contributed by atoms with Gasteiger partial charge >= 0.3 is 6.03 Å². The minimum absolute atomic E-state index is 0.0498. The van der Waals surface area contributed by atoms with Gasteiger partial charge in [0.1, 0.15) is 0 Å². The Kier molecular flexibility index (Phi) is 6.71. The number of anilines is 2. The van der Waals surface area contributed by atoms with Crippen molar-refractivity contribution in [1.29, 1.82) is 0 Å². The second-order valence-corrected chi connectivity index (χ2v) is 9.46. The molecule has 3 aromatic carbocycles. The maximum absolute atomic E-state index is 12.4. The number of carbonyl (C=O) groups excluding carboxylic acids is 2. The number of hydrogen-bond acceptors (Lipinski definition) is 4. The summed E-state index contributed by atoms with van der Waals surface area (Å²) in [5.41, 5.74) is 2.45. The molecule has 170 valence electrons. The molecule has 3 amide bonds. The number of rotatable bonds is 8. The van der Waals surface area contributed by atoms with E-state index >= 15 is 0 Å². The first-order chi connectivity index (χ1) is 15.9. The number of sulfonamides is 1. The molecule has 1 fully saturated rings. The van der Waals surface area contributed by atoms with E-state index in [4.69, 9.17) is 0 Å². The Labute approximate surface area is 192 Å². The fourth-order valence-corrected chi connectivity index (χ4v) is 4.38. The number of urea groups is 1. The predicted molar refractivity (Wildman–Crippen MR) is 126 cm³/mol. The molecule has 4 N–H and O–H groups in total. The van der Waals surface area contributed by atoms with Gasteiger partial charge in [0.25, 0.3) is 5.91 Å². The molecule has 0 aliphatic heterocycles. The summed E-state index contributed by atoms with van der Waals surface area (Å²) in [4.78, 5) is 24.7. The molecule has 0 spiro atoms. The van der Waals surface area contributed by atoms with Gasteiger partial charge in [0, 0.05) is 29.5 Å². The third-order valence-corrected chi connectivity index (χ3v) is 6.56. The van der Waals surface area contributed by atoms with E-state index in [-0.39, 0.29) is 29.4 Å². The highest BCUT2D eigenvalue weighted by atomic mass is 32.2. The van der Waals surface area contributed by atoms with Gasteiger partial charge in [0.05, 0.1) is 4.90 Å². The zero-order chi connectivity index (χ0) is 23.3.